The number of amides is 3. The van der Waals surface area contributed by atoms with Gasteiger partial charge in [0.15, 0.2) is 23.9 Å². The van der Waals surface area contributed by atoms with Crippen molar-refractivity contribution in [2.45, 2.75) is 25.4 Å². The van der Waals surface area contributed by atoms with Crippen LogP contribution in [0.15, 0.2) is 48.9 Å². The molecule has 4 aromatic heterocycles. The van der Waals surface area contributed by atoms with Gasteiger partial charge in [-0.2, -0.15) is 31.0 Å². The van der Waals surface area contributed by atoms with Gasteiger partial charge in [0, 0.05) is 133 Å². The van der Waals surface area contributed by atoms with Gasteiger partial charge < -0.3 is 39.7 Å². The van der Waals surface area contributed by atoms with E-state index in [1.807, 2.05) is 0 Å². The maximum absolute atomic E-state index is 14.6. The van der Waals surface area contributed by atoms with Crippen molar-refractivity contribution in [3.63, 3.8) is 0 Å². The lowest BCUT2D eigenvalue weighted by Gasteiger charge is -2.46. The highest BCUT2D eigenvalue weighted by molar-refractivity contribution is 7.87. The summed E-state index contributed by atoms with van der Waals surface area (Å²) < 4.78 is 74.7. The molecular formula is C43H51ClF3N12O8S+. The number of nitrogens with one attached hydrogen (secondary N) is 2. The molecule has 3 fully saturated rings. The number of benzene rings is 1. The van der Waals surface area contributed by atoms with Crippen LogP contribution in [0.25, 0.3) is 28.0 Å². The van der Waals surface area contributed by atoms with Crippen LogP contribution in [0.5, 0.6) is 0 Å². The molecule has 0 radical (unpaired) electrons. The first kappa shape index (κ1) is 48.5. The van der Waals surface area contributed by atoms with Crippen LogP contribution in [-0.2, 0) is 39.4 Å². The topological polar surface area (TPSA) is 230 Å². The molecule has 25 heteroatoms. The Morgan fingerprint density at radius 2 is 1.69 bits per heavy atom. The SMILES string of the molecule is CN(C)S(=O)(=O)n1c(CCO)cc2cnc(-n3cc(-c4cnc(C(=O)Nc5ccc(C(=O)N6CCN(C(=O)C7CC[N+](CC(=O)O)(CC8CNC8)CC7)CC6)c(Cl)c5)n4C)c(C(F)(F)F)n3)cc21. The molecule has 0 bridgehead atoms. The number of carboxylic acid groups (broad SMARTS) is 1. The van der Waals surface area contributed by atoms with Gasteiger partial charge in [-0.05, 0) is 24.3 Å². The zero-order valence-corrected chi connectivity index (χ0v) is 39.0. The number of piperazine rings is 1. The Labute approximate surface area is 393 Å². The van der Waals surface area contributed by atoms with Crippen LogP contribution in [0.1, 0.15) is 45.2 Å². The zero-order valence-electron chi connectivity index (χ0n) is 37.4. The number of pyridine rings is 1. The summed E-state index contributed by atoms with van der Waals surface area (Å²) in [6.45, 7) is 4.66. The van der Waals surface area contributed by atoms with Crippen molar-refractivity contribution in [2.75, 3.05) is 91.5 Å². The predicted molar refractivity (Wildman–Crippen MR) is 241 cm³/mol. The molecule has 0 unspecified atom stereocenters. The molecule has 4 N–H and O–H groups in total. The monoisotopic (exact) mass is 987 g/mol. The molecule has 20 nitrogen and oxygen atoms in total. The van der Waals surface area contributed by atoms with Crippen LogP contribution in [-0.4, -0.2) is 175 Å². The van der Waals surface area contributed by atoms with Crippen molar-refractivity contribution in [2.24, 2.45) is 18.9 Å². The van der Waals surface area contributed by atoms with E-state index in [2.05, 4.69) is 25.7 Å². The third kappa shape index (κ3) is 9.56. The Bertz CT molecular complexity index is 2880. The van der Waals surface area contributed by atoms with E-state index in [1.54, 1.807) is 9.80 Å². The van der Waals surface area contributed by atoms with Gasteiger partial charge in [0.05, 0.1) is 53.2 Å². The van der Waals surface area contributed by atoms with E-state index in [1.165, 1.54) is 57.7 Å². The number of aliphatic carboxylic acids is 1. The van der Waals surface area contributed by atoms with Gasteiger partial charge in [-0.1, -0.05) is 11.6 Å². The quantitative estimate of drug-likeness (QED) is 0.118. The third-order valence-corrected chi connectivity index (χ3v) is 15.1. The van der Waals surface area contributed by atoms with E-state index < -0.39 is 39.5 Å². The van der Waals surface area contributed by atoms with Crippen LogP contribution in [0.4, 0.5) is 18.9 Å². The highest BCUT2D eigenvalue weighted by Crippen LogP contribution is 2.37. The minimum atomic E-state index is -4.98. The average molecular weight is 988 g/mol. The minimum Gasteiger partial charge on any atom is -0.477 e. The van der Waals surface area contributed by atoms with Gasteiger partial charge in [0.2, 0.25) is 5.91 Å². The Hall–Kier alpha value is -5.92. The molecule has 5 aromatic rings. The first-order valence-electron chi connectivity index (χ1n) is 21.9. The fourth-order valence-corrected chi connectivity index (χ4v) is 10.8. The van der Waals surface area contributed by atoms with E-state index in [9.17, 15) is 51.0 Å². The molecule has 0 saturated carbocycles. The minimum absolute atomic E-state index is 0.0115. The maximum Gasteiger partial charge on any atom is 0.435 e. The molecule has 0 atom stereocenters. The Kier molecular flexibility index (Phi) is 13.5. The Morgan fingerprint density at radius 1 is 1.00 bits per heavy atom. The zero-order chi connectivity index (χ0) is 48.9. The molecule has 7 heterocycles. The number of imidazole rings is 1. The fraction of sp³-hybridized carbons (Fsp3) is 0.465. The molecule has 68 heavy (non-hydrogen) atoms. The summed E-state index contributed by atoms with van der Waals surface area (Å²) in [6.07, 6.45) is -0.387. The van der Waals surface area contributed by atoms with E-state index in [-0.39, 0.29) is 95.2 Å². The number of halogens is 4. The number of piperidine rings is 1. The third-order valence-electron chi connectivity index (χ3n) is 13.0. The summed E-state index contributed by atoms with van der Waals surface area (Å²) in [5.74, 6) is -2.19. The summed E-state index contributed by atoms with van der Waals surface area (Å²) >= 11 is 6.58. The van der Waals surface area contributed by atoms with Crippen molar-refractivity contribution in [1.29, 1.82) is 0 Å². The molecule has 3 aliphatic heterocycles. The van der Waals surface area contributed by atoms with Crippen LogP contribution in [0.3, 0.4) is 0 Å². The normalized spacial score (nSPS) is 19.4. The van der Waals surface area contributed by atoms with Gasteiger partial charge in [-0.15, -0.1) is 0 Å². The molecular weight excluding hydrogens is 937 g/mol. The number of carbonyl (C=O) groups is 4. The van der Waals surface area contributed by atoms with Gasteiger partial charge in [-0.3, -0.25) is 14.4 Å². The Morgan fingerprint density at radius 3 is 2.29 bits per heavy atom. The standard InChI is InChI=1S/C43H50ClF3N12O8S/c1-53(2)68(66,67)58-30(8-15-60)16-28-21-49-36(18-34(28)58)57-23-32(38(52-57)43(45,46)47)35-22-50-39(54(35)3)40(63)51-29-4-5-31(33(44)17-29)42(65)56-11-9-55(10-12-56)41(64)27-6-13-59(14-7-27,25-37(61)62)24-26-19-48-20-26/h4-5,16-18,21-23,26-27,48,60H,6-15,19-20,24-25H2,1-3H3,(H-,51,61,62,63,65)/p+1. The number of aliphatic hydroxyl groups is 1. The van der Waals surface area contributed by atoms with Crippen molar-refractivity contribution >= 4 is 62.1 Å². The summed E-state index contributed by atoms with van der Waals surface area (Å²) in [4.78, 5) is 64.1. The number of alkyl halides is 3. The van der Waals surface area contributed by atoms with Gasteiger partial charge >= 0.3 is 22.4 Å². The second-order valence-corrected chi connectivity index (χ2v) is 20.1. The predicted octanol–water partition coefficient (Wildman–Crippen LogP) is 2.55. The molecule has 8 rings (SSSR count). The van der Waals surface area contributed by atoms with Crippen molar-refractivity contribution in [3.8, 4) is 17.1 Å². The second kappa shape index (κ2) is 18.9. The molecule has 3 amide bonds. The number of hydrogen-bond acceptors (Lipinski definition) is 11. The number of aromatic nitrogens is 6. The highest BCUT2D eigenvalue weighted by Gasteiger charge is 2.43. The number of carbonyl (C=O) groups excluding carboxylic acids is 3. The molecule has 1 aromatic carbocycles. The number of anilines is 1. The lowest BCUT2D eigenvalue weighted by Crippen LogP contribution is -2.62. The Balaban J connectivity index is 0.924. The number of fused-ring (bicyclic) bond motifs is 1. The number of quaternary nitrogens is 1. The van der Waals surface area contributed by atoms with E-state index in [0.29, 0.717) is 54.8 Å². The van der Waals surface area contributed by atoms with Crippen LogP contribution in [0.2, 0.25) is 5.02 Å². The number of hydrogen-bond donors (Lipinski definition) is 4. The highest BCUT2D eigenvalue weighted by atomic mass is 35.5. The lowest BCUT2D eigenvalue weighted by molar-refractivity contribution is -0.929. The maximum atomic E-state index is 14.6. The number of rotatable bonds is 14. The lowest BCUT2D eigenvalue weighted by atomic mass is 9.90. The molecule has 3 aliphatic rings. The largest absolute Gasteiger partial charge is 0.477 e. The van der Waals surface area contributed by atoms with Crippen LogP contribution < -0.4 is 10.6 Å². The first-order valence-corrected chi connectivity index (χ1v) is 23.7. The van der Waals surface area contributed by atoms with E-state index in [4.69, 9.17) is 11.6 Å². The number of carboxylic acids is 1. The van der Waals surface area contributed by atoms with Crippen LogP contribution >= 0.6 is 11.6 Å². The first-order chi connectivity index (χ1) is 32.2. The average Bonchev–Trinajstić information content (AvgIpc) is 4.00. The fourth-order valence-electron chi connectivity index (χ4n) is 9.32. The van der Waals surface area contributed by atoms with E-state index >= 15 is 0 Å². The summed E-state index contributed by atoms with van der Waals surface area (Å²) in [5, 5.41) is 29.2. The van der Waals surface area contributed by atoms with Gasteiger partial charge in [0.25, 0.3) is 11.8 Å². The van der Waals surface area contributed by atoms with E-state index in [0.717, 1.165) is 49.6 Å². The smallest absolute Gasteiger partial charge is 0.435 e. The molecule has 364 valence electrons. The summed E-state index contributed by atoms with van der Waals surface area (Å²) in [7, 11) is -0.155. The van der Waals surface area contributed by atoms with Gasteiger partial charge in [-0.25, -0.2) is 23.4 Å². The van der Waals surface area contributed by atoms with Gasteiger partial charge in [0.1, 0.15) is 0 Å². The van der Waals surface area contributed by atoms with Crippen molar-refractivity contribution in [3.05, 3.63) is 76.7 Å². The number of likely N-dealkylation sites (tertiary alicyclic amines) is 1. The molecule has 0 aliphatic carbocycles. The number of aliphatic hydroxyl groups excluding tert-OH is 1. The second-order valence-electron chi connectivity index (χ2n) is 17.7. The van der Waals surface area contributed by atoms with Crippen LogP contribution in [0, 0.1) is 11.8 Å². The van der Waals surface area contributed by atoms with Crippen molar-refractivity contribution < 1.29 is 55.5 Å². The summed E-state index contributed by atoms with van der Waals surface area (Å²) in [6, 6.07) is 7.05. The number of nitrogens with zero attached hydrogens (tertiary/aromatic N) is 10. The molecule has 3 saturated heterocycles. The summed E-state index contributed by atoms with van der Waals surface area (Å²) in [5.41, 5.74) is -1.25. The molecule has 0 spiro atoms. The van der Waals surface area contributed by atoms with Crippen molar-refractivity contribution in [1.82, 2.24) is 47.7 Å².